The molecule has 102 valence electrons. The topological polar surface area (TPSA) is 84.2 Å². The average Bonchev–Trinajstić information content (AvgIpc) is 2.39. The van der Waals surface area contributed by atoms with Crippen molar-refractivity contribution in [1.82, 2.24) is 10.6 Å². The number of primary amides is 1. The molecule has 1 atom stereocenters. The summed E-state index contributed by atoms with van der Waals surface area (Å²) in [4.78, 5) is 22.3. The van der Waals surface area contributed by atoms with Crippen LogP contribution in [0.2, 0.25) is 0 Å². The molecule has 3 amide bonds. The van der Waals surface area contributed by atoms with Gasteiger partial charge in [-0.1, -0.05) is 24.3 Å². The third-order valence-corrected chi connectivity index (χ3v) is 3.36. The number of hydrogen-bond donors (Lipinski definition) is 3. The normalized spacial score (nSPS) is 17.4. The van der Waals surface area contributed by atoms with Gasteiger partial charge in [0.1, 0.15) is 0 Å². The molecule has 4 N–H and O–H groups in total. The van der Waals surface area contributed by atoms with Crippen LogP contribution in [0.15, 0.2) is 24.3 Å². The molecule has 0 saturated heterocycles. The number of nitrogens with two attached hydrogens (primary N) is 1. The number of urea groups is 1. The van der Waals surface area contributed by atoms with Gasteiger partial charge in [0.15, 0.2) is 0 Å². The Labute approximate surface area is 112 Å². The molecule has 1 aromatic carbocycles. The first-order valence-electron chi connectivity index (χ1n) is 6.57. The summed E-state index contributed by atoms with van der Waals surface area (Å²) < 4.78 is 0. The maximum Gasteiger partial charge on any atom is 0.312 e. The molecule has 5 nitrogen and oxygen atoms in total. The standard InChI is InChI=1S/C14H19N3O2/c15-14(19)16-9-8-13(18)17-12-7-3-5-10-4-1-2-6-11(10)12/h1-2,4,6,12H,3,5,7-9H2,(H,17,18)(H3,15,16,19)/t12-/m1/s1. The van der Waals surface area contributed by atoms with Crippen molar-refractivity contribution in [3.05, 3.63) is 35.4 Å². The van der Waals surface area contributed by atoms with Crippen LogP contribution >= 0.6 is 0 Å². The number of amides is 3. The molecule has 2 rings (SSSR count). The number of carbonyl (C=O) groups is 2. The Bertz CT molecular complexity index is 474. The monoisotopic (exact) mass is 261 g/mol. The van der Waals surface area contributed by atoms with Crippen LogP contribution in [-0.2, 0) is 11.2 Å². The fourth-order valence-electron chi connectivity index (χ4n) is 2.47. The van der Waals surface area contributed by atoms with Crippen LogP contribution in [0.4, 0.5) is 4.79 Å². The highest BCUT2D eigenvalue weighted by molar-refractivity contribution is 5.78. The van der Waals surface area contributed by atoms with E-state index < -0.39 is 6.03 Å². The van der Waals surface area contributed by atoms with Crippen LogP contribution in [0.5, 0.6) is 0 Å². The molecule has 0 spiro atoms. The van der Waals surface area contributed by atoms with Gasteiger partial charge in [-0.2, -0.15) is 0 Å². The van der Waals surface area contributed by atoms with E-state index in [9.17, 15) is 9.59 Å². The predicted molar refractivity (Wildman–Crippen MR) is 72.5 cm³/mol. The molecule has 0 heterocycles. The Morgan fingerprint density at radius 2 is 2.11 bits per heavy atom. The molecule has 0 aromatic heterocycles. The van der Waals surface area contributed by atoms with Crippen molar-refractivity contribution in [3.63, 3.8) is 0 Å². The van der Waals surface area contributed by atoms with Gasteiger partial charge in [-0.05, 0) is 30.4 Å². The zero-order chi connectivity index (χ0) is 13.7. The molecule has 0 bridgehead atoms. The van der Waals surface area contributed by atoms with Crippen molar-refractivity contribution >= 4 is 11.9 Å². The number of nitrogens with one attached hydrogen (secondary N) is 2. The van der Waals surface area contributed by atoms with Crippen molar-refractivity contribution < 1.29 is 9.59 Å². The largest absolute Gasteiger partial charge is 0.352 e. The highest BCUT2D eigenvalue weighted by Gasteiger charge is 2.20. The van der Waals surface area contributed by atoms with Crippen LogP contribution < -0.4 is 16.4 Å². The summed E-state index contributed by atoms with van der Waals surface area (Å²) >= 11 is 0. The Morgan fingerprint density at radius 3 is 2.89 bits per heavy atom. The van der Waals surface area contributed by atoms with Gasteiger partial charge < -0.3 is 16.4 Å². The summed E-state index contributed by atoms with van der Waals surface area (Å²) in [6.45, 7) is 0.273. The van der Waals surface area contributed by atoms with Gasteiger partial charge in [0.25, 0.3) is 0 Å². The average molecular weight is 261 g/mol. The van der Waals surface area contributed by atoms with Crippen molar-refractivity contribution in [3.8, 4) is 0 Å². The lowest BCUT2D eigenvalue weighted by Gasteiger charge is -2.26. The minimum Gasteiger partial charge on any atom is -0.352 e. The fourth-order valence-corrected chi connectivity index (χ4v) is 2.47. The second kappa shape index (κ2) is 6.22. The fraction of sp³-hybridized carbons (Fsp3) is 0.429. The maximum atomic E-state index is 11.8. The highest BCUT2D eigenvalue weighted by atomic mass is 16.2. The molecule has 0 fully saturated rings. The van der Waals surface area contributed by atoms with Gasteiger partial charge in [-0.25, -0.2) is 4.79 Å². The Morgan fingerprint density at radius 1 is 1.32 bits per heavy atom. The molecule has 1 aromatic rings. The van der Waals surface area contributed by atoms with Gasteiger partial charge in [-0.15, -0.1) is 0 Å². The van der Waals surface area contributed by atoms with Crippen molar-refractivity contribution in [2.75, 3.05) is 6.54 Å². The van der Waals surface area contributed by atoms with Crippen LogP contribution in [-0.4, -0.2) is 18.5 Å². The SMILES string of the molecule is NC(=O)NCCC(=O)N[C@@H]1CCCc2ccccc21. The molecule has 19 heavy (non-hydrogen) atoms. The maximum absolute atomic E-state index is 11.8. The number of carbonyl (C=O) groups excluding carboxylic acids is 2. The molecule has 1 aliphatic carbocycles. The summed E-state index contributed by atoms with van der Waals surface area (Å²) in [7, 11) is 0. The molecular formula is C14H19N3O2. The number of rotatable bonds is 4. The quantitative estimate of drug-likeness (QED) is 0.761. The first-order valence-corrected chi connectivity index (χ1v) is 6.57. The second-order valence-corrected chi connectivity index (χ2v) is 4.75. The minimum atomic E-state index is -0.601. The van der Waals surface area contributed by atoms with E-state index in [0.717, 1.165) is 19.3 Å². The first kappa shape index (κ1) is 13.4. The first-order chi connectivity index (χ1) is 9.16. The van der Waals surface area contributed by atoms with Crippen LogP contribution in [0.1, 0.15) is 36.4 Å². The van der Waals surface area contributed by atoms with E-state index in [1.165, 1.54) is 11.1 Å². The number of benzene rings is 1. The van der Waals surface area contributed by atoms with Gasteiger partial charge in [0.05, 0.1) is 6.04 Å². The Hall–Kier alpha value is -2.04. The van der Waals surface area contributed by atoms with E-state index in [-0.39, 0.29) is 24.9 Å². The van der Waals surface area contributed by atoms with Crippen LogP contribution in [0.25, 0.3) is 0 Å². The summed E-state index contributed by atoms with van der Waals surface area (Å²) in [5, 5.41) is 5.43. The minimum absolute atomic E-state index is 0.0598. The van der Waals surface area contributed by atoms with Crippen molar-refractivity contribution in [2.45, 2.75) is 31.7 Å². The van der Waals surface area contributed by atoms with Crippen molar-refractivity contribution in [1.29, 1.82) is 0 Å². The Kier molecular flexibility index (Phi) is 4.39. The third kappa shape index (κ3) is 3.71. The molecular weight excluding hydrogens is 242 g/mol. The third-order valence-electron chi connectivity index (χ3n) is 3.36. The van der Waals surface area contributed by atoms with E-state index in [4.69, 9.17) is 5.73 Å². The zero-order valence-corrected chi connectivity index (χ0v) is 10.8. The van der Waals surface area contributed by atoms with E-state index in [1.807, 2.05) is 12.1 Å². The van der Waals surface area contributed by atoms with Gasteiger partial charge >= 0.3 is 6.03 Å². The second-order valence-electron chi connectivity index (χ2n) is 4.75. The molecule has 0 radical (unpaired) electrons. The van der Waals surface area contributed by atoms with Crippen LogP contribution in [0, 0.1) is 0 Å². The summed E-state index contributed by atoms with van der Waals surface area (Å²) in [5.41, 5.74) is 7.47. The summed E-state index contributed by atoms with van der Waals surface area (Å²) in [5.74, 6) is -0.0598. The van der Waals surface area contributed by atoms with E-state index in [0.29, 0.717) is 0 Å². The van der Waals surface area contributed by atoms with E-state index >= 15 is 0 Å². The van der Waals surface area contributed by atoms with Crippen LogP contribution in [0.3, 0.4) is 0 Å². The molecule has 0 unspecified atom stereocenters. The molecule has 0 aliphatic heterocycles. The van der Waals surface area contributed by atoms with Crippen molar-refractivity contribution in [2.24, 2.45) is 5.73 Å². The zero-order valence-electron chi connectivity index (χ0n) is 10.8. The highest BCUT2D eigenvalue weighted by Crippen LogP contribution is 2.29. The lowest BCUT2D eigenvalue weighted by Crippen LogP contribution is -2.35. The summed E-state index contributed by atoms with van der Waals surface area (Å²) in [6, 6.07) is 7.70. The molecule has 0 saturated carbocycles. The number of aryl methyl sites for hydroxylation is 1. The lowest BCUT2D eigenvalue weighted by molar-refractivity contribution is -0.121. The predicted octanol–water partition coefficient (Wildman–Crippen LogP) is 1.24. The number of fused-ring (bicyclic) bond motifs is 1. The van der Waals surface area contributed by atoms with Gasteiger partial charge in [-0.3, -0.25) is 4.79 Å². The smallest absolute Gasteiger partial charge is 0.312 e. The van der Waals surface area contributed by atoms with E-state index in [1.54, 1.807) is 0 Å². The molecule has 5 heteroatoms. The van der Waals surface area contributed by atoms with Gasteiger partial charge in [0, 0.05) is 13.0 Å². The summed E-state index contributed by atoms with van der Waals surface area (Å²) in [6.07, 6.45) is 3.38. The number of hydrogen-bond acceptors (Lipinski definition) is 2. The van der Waals surface area contributed by atoms with Gasteiger partial charge in [0.2, 0.25) is 5.91 Å². The Balaban J connectivity index is 1.90. The van der Waals surface area contributed by atoms with E-state index in [2.05, 4.69) is 22.8 Å². The lowest BCUT2D eigenvalue weighted by atomic mass is 9.88. The molecule has 1 aliphatic rings.